The summed E-state index contributed by atoms with van der Waals surface area (Å²) < 4.78 is 0. The van der Waals surface area contributed by atoms with Crippen LogP contribution in [0.25, 0.3) is 0 Å². The highest BCUT2D eigenvalue weighted by Crippen LogP contribution is 2.28. The molecule has 0 spiro atoms. The van der Waals surface area contributed by atoms with Crippen LogP contribution in [0.4, 0.5) is 0 Å². The number of aliphatic hydroxyl groups is 1. The average Bonchev–Trinajstić information content (AvgIpc) is 2.34. The van der Waals surface area contributed by atoms with Gasteiger partial charge in [-0.05, 0) is 56.4 Å². The Bertz CT molecular complexity index is 243. The van der Waals surface area contributed by atoms with Gasteiger partial charge >= 0.3 is 0 Å². The Labute approximate surface area is 98.7 Å². The van der Waals surface area contributed by atoms with Gasteiger partial charge in [0, 0.05) is 6.61 Å². The molecule has 1 rings (SSSR count). The van der Waals surface area contributed by atoms with E-state index in [2.05, 4.69) is 6.92 Å². The van der Waals surface area contributed by atoms with E-state index in [1.54, 1.807) is 0 Å². The van der Waals surface area contributed by atoms with Gasteiger partial charge in [-0.25, -0.2) is 0 Å². The lowest BCUT2D eigenvalue weighted by Crippen LogP contribution is -2.08. The Hall–Kier alpha value is -0.630. The molecule has 1 aliphatic rings. The molecule has 0 bridgehead atoms. The number of rotatable bonds is 7. The van der Waals surface area contributed by atoms with E-state index in [0.717, 1.165) is 56.8 Å². The molecular formula is C14H24O2. The smallest absolute Gasteiger partial charge is 0.145 e. The van der Waals surface area contributed by atoms with E-state index >= 15 is 0 Å². The van der Waals surface area contributed by atoms with E-state index in [0.29, 0.717) is 5.92 Å². The van der Waals surface area contributed by atoms with Crippen molar-refractivity contribution in [3.63, 3.8) is 0 Å². The molecule has 0 radical (unpaired) electrons. The summed E-state index contributed by atoms with van der Waals surface area (Å²) in [6.45, 7) is 2.44. The molecule has 0 aromatic heterocycles. The van der Waals surface area contributed by atoms with E-state index < -0.39 is 0 Å². The molecule has 0 fully saturated rings. The van der Waals surface area contributed by atoms with Crippen LogP contribution in [0.5, 0.6) is 0 Å². The third kappa shape index (κ3) is 4.09. The van der Waals surface area contributed by atoms with Crippen LogP contribution in [0.1, 0.15) is 58.3 Å². The summed E-state index contributed by atoms with van der Waals surface area (Å²) in [6.07, 6.45) is 9.78. The maximum Gasteiger partial charge on any atom is 0.145 e. The largest absolute Gasteiger partial charge is 0.396 e. The average molecular weight is 224 g/mol. The second-order valence-electron chi connectivity index (χ2n) is 4.83. The molecule has 92 valence electrons. The number of hydrogen-bond acceptors (Lipinski definition) is 2. The normalized spacial score (nSPS) is 18.6. The Morgan fingerprint density at radius 1 is 1.31 bits per heavy atom. The number of carbonyl (C=O) groups excluding carboxylic acids is 1. The fraction of sp³-hybridized carbons (Fsp3) is 0.786. The zero-order valence-corrected chi connectivity index (χ0v) is 10.4. The lowest BCUT2D eigenvalue weighted by Gasteiger charge is -2.19. The summed E-state index contributed by atoms with van der Waals surface area (Å²) >= 11 is 0. The van der Waals surface area contributed by atoms with Gasteiger partial charge in [-0.15, -0.1) is 0 Å². The summed E-state index contributed by atoms with van der Waals surface area (Å²) in [7, 11) is 0. The quantitative estimate of drug-likeness (QED) is 0.674. The van der Waals surface area contributed by atoms with Crippen molar-refractivity contribution >= 4 is 6.29 Å². The van der Waals surface area contributed by atoms with Gasteiger partial charge in [-0.2, -0.15) is 0 Å². The zero-order valence-electron chi connectivity index (χ0n) is 10.4. The van der Waals surface area contributed by atoms with Gasteiger partial charge in [0.05, 0.1) is 0 Å². The summed E-state index contributed by atoms with van der Waals surface area (Å²) in [5.74, 6) is 0.423. The molecule has 2 heteroatoms. The van der Waals surface area contributed by atoms with Crippen molar-refractivity contribution in [3.05, 3.63) is 11.1 Å². The first-order valence-corrected chi connectivity index (χ1v) is 6.58. The van der Waals surface area contributed by atoms with Gasteiger partial charge in [-0.1, -0.05) is 18.9 Å². The number of allylic oxidation sites excluding steroid dienone is 2. The van der Waals surface area contributed by atoms with E-state index in [1.807, 2.05) is 0 Å². The fourth-order valence-corrected chi connectivity index (χ4v) is 2.53. The molecule has 1 aliphatic carbocycles. The van der Waals surface area contributed by atoms with Crippen molar-refractivity contribution in [2.75, 3.05) is 6.61 Å². The highest BCUT2D eigenvalue weighted by Gasteiger charge is 2.14. The molecule has 0 aromatic rings. The highest BCUT2D eigenvalue weighted by atomic mass is 16.3. The number of hydrogen-bond donors (Lipinski definition) is 1. The molecule has 16 heavy (non-hydrogen) atoms. The molecule has 1 unspecified atom stereocenters. The minimum atomic E-state index is 0.289. The van der Waals surface area contributed by atoms with Crippen LogP contribution in [0.2, 0.25) is 0 Å². The van der Waals surface area contributed by atoms with E-state index in [-0.39, 0.29) is 6.61 Å². The molecule has 1 N–H and O–H groups in total. The topological polar surface area (TPSA) is 37.3 Å². The SMILES string of the molecule is CCCC(CO)CCC1=C(C=O)CCCC1. The molecule has 2 nitrogen and oxygen atoms in total. The standard InChI is InChI=1S/C14H24O2/c1-2-5-12(10-15)8-9-13-6-3-4-7-14(13)11-16/h11-12,15H,2-10H2,1H3. The van der Waals surface area contributed by atoms with Gasteiger partial charge in [0.25, 0.3) is 0 Å². The maximum atomic E-state index is 10.9. The third-order valence-corrected chi connectivity index (χ3v) is 3.58. The van der Waals surface area contributed by atoms with Gasteiger partial charge in [0.15, 0.2) is 0 Å². The molecule has 1 atom stereocenters. The van der Waals surface area contributed by atoms with Crippen LogP contribution in [0, 0.1) is 5.92 Å². The van der Waals surface area contributed by atoms with Crippen molar-refractivity contribution in [1.82, 2.24) is 0 Å². The first-order valence-electron chi connectivity index (χ1n) is 6.58. The van der Waals surface area contributed by atoms with Gasteiger partial charge in [-0.3, -0.25) is 4.79 Å². The lowest BCUT2D eigenvalue weighted by atomic mass is 9.87. The van der Waals surface area contributed by atoms with Gasteiger partial charge in [0.1, 0.15) is 6.29 Å². The second-order valence-corrected chi connectivity index (χ2v) is 4.83. The van der Waals surface area contributed by atoms with Crippen LogP contribution in [-0.4, -0.2) is 18.0 Å². The number of aliphatic hydroxyl groups excluding tert-OH is 1. The first kappa shape index (κ1) is 13.4. The Morgan fingerprint density at radius 2 is 2.06 bits per heavy atom. The summed E-state index contributed by atoms with van der Waals surface area (Å²) in [6, 6.07) is 0. The van der Waals surface area contributed by atoms with Crippen LogP contribution in [0.15, 0.2) is 11.1 Å². The minimum absolute atomic E-state index is 0.289. The monoisotopic (exact) mass is 224 g/mol. The zero-order chi connectivity index (χ0) is 11.8. The van der Waals surface area contributed by atoms with E-state index in [9.17, 15) is 9.90 Å². The van der Waals surface area contributed by atoms with Crippen molar-refractivity contribution in [2.45, 2.75) is 58.3 Å². The summed E-state index contributed by atoms with van der Waals surface area (Å²) in [5, 5.41) is 9.22. The molecule has 0 amide bonds. The molecule has 0 saturated carbocycles. The maximum absolute atomic E-state index is 10.9. The third-order valence-electron chi connectivity index (χ3n) is 3.58. The van der Waals surface area contributed by atoms with Crippen molar-refractivity contribution in [2.24, 2.45) is 5.92 Å². The predicted molar refractivity (Wildman–Crippen MR) is 66.3 cm³/mol. The number of carbonyl (C=O) groups is 1. The Kier molecular flexibility index (Phi) is 6.39. The number of aldehydes is 1. The van der Waals surface area contributed by atoms with Gasteiger partial charge < -0.3 is 5.11 Å². The highest BCUT2D eigenvalue weighted by molar-refractivity contribution is 5.74. The predicted octanol–water partition coefficient (Wildman–Crippen LogP) is 3.24. The summed E-state index contributed by atoms with van der Waals surface area (Å²) in [5.41, 5.74) is 2.40. The van der Waals surface area contributed by atoms with Crippen molar-refractivity contribution < 1.29 is 9.90 Å². The molecule has 0 saturated heterocycles. The lowest BCUT2D eigenvalue weighted by molar-refractivity contribution is -0.105. The molecule has 0 heterocycles. The fourth-order valence-electron chi connectivity index (χ4n) is 2.53. The van der Waals surface area contributed by atoms with Crippen molar-refractivity contribution in [1.29, 1.82) is 0 Å². The van der Waals surface area contributed by atoms with E-state index in [4.69, 9.17) is 0 Å². The van der Waals surface area contributed by atoms with E-state index in [1.165, 1.54) is 12.0 Å². The second kappa shape index (κ2) is 7.61. The Balaban J connectivity index is 2.45. The summed E-state index contributed by atoms with van der Waals surface area (Å²) in [4.78, 5) is 10.9. The van der Waals surface area contributed by atoms with Crippen LogP contribution in [0.3, 0.4) is 0 Å². The van der Waals surface area contributed by atoms with Crippen LogP contribution >= 0.6 is 0 Å². The molecule has 0 aromatic carbocycles. The van der Waals surface area contributed by atoms with Crippen LogP contribution < -0.4 is 0 Å². The molecule has 0 aliphatic heterocycles. The molecular weight excluding hydrogens is 200 g/mol. The first-order chi connectivity index (χ1) is 7.81. The van der Waals surface area contributed by atoms with Gasteiger partial charge in [0.2, 0.25) is 0 Å². The minimum Gasteiger partial charge on any atom is -0.396 e. The Morgan fingerprint density at radius 3 is 2.69 bits per heavy atom. The van der Waals surface area contributed by atoms with Crippen LogP contribution in [-0.2, 0) is 4.79 Å². The van der Waals surface area contributed by atoms with Crippen molar-refractivity contribution in [3.8, 4) is 0 Å².